The number of amides is 3. The van der Waals surface area contributed by atoms with E-state index >= 15 is 0 Å². The van der Waals surface area contributed by atoms with Gasteiger partial charge in [0.25, 0.3) is 0 Å². The molecule has 93 heavy (non-hydrogen) atoms. The molecule has 0 rings (SSSR count). The highest BCUT2D eigenvalue weighted by Crippen LogP contribution is 2.28. The van der Waals surface area contributed by atoms with Crippen molar-refractivity contribution in [3.8, 4) is 0 Å². The molecular weight excluding hydrogens is 1190 g/mol. The molecule has 0 spiro atoms. The summed E-state index contributed by atoms with van der Waals surface area (Å²) in [7, 11) is -2.09. The van der Waals surface area contributed by atoms with Crippen molar-refractivity contribution in [1.29, 1.82) is 0 Å². The Morgan fingerprint density at radius 3 is 0.677 bits per heavy atom. The second-order valence-electron chi connectivity index (χ2n) is 29.0. The van der Waals surface area contributed by atoms with Gasteiger partial charge >= 0.3 is 8.80 Å². The Labute approximate surface area is 573 Å². The molecule has 0 saturated heterocycles. The van der Waals surface area contributed by atoms with Crippen molar-refractivity contribution in [2.24, 2.45) is 0 Å². The van der Waals surface area contributed by atoms with E-state index in [0.29, 0.717) is 32.2 Å². The highest BCUT2D eigenvalue weighted by Gasteiger charge is 2.49. The number of rotatable bonds is 74. The molecule has 16 nitrogen and oxygen atoms in total. The van der Waals surface area contributed by atoms with Crippen LogP contribution < -0.4 is 16.0 Å². The molecule has 0 atom stereocenters. The Morgan fingerprint density at radius 2 is 0.473 bits per heavy atom. The molecule has 0 aromatic heterocycles. The molecule has 17 heteroatoms. The first-order valence-corrected chi connectivity index (χ1v) is 41.4. The molecule has 3 amide bonds. The smallest absolute Gasteiger partial charge is 0.394 e. The van der Waals surface area contributed by atoms with Crippen LogP contribution in [0.25, 0.3) is 0 Å². The summed E-state index contributed by atoms with van der Waals surface area (Å²) < 4.78 is 21.6. The SMILES string of the molecule is CCCCCCCCCCCCCCCC(=O)NC(CO)(CO)CO[Si](CCC[N+](C)(CCCCCC)CCCCCC)(OCC(CO)(CO)NC(=O)CCCCCCCCCCCCCCC)OCC(CO)(CO)NC(=O)CCCCCCCCCCCCCCC. The van der Waals surface area contributed by atoms with Crippen LogP contribution in [0.2, 0.25) is 6.04 Å². The van der Waals surface area contributed by atoms with Gasteiger partial charge in [0.05, 0.1) is 86.1 Å². The number of carbonyl (C=O) groups excluding carboxylic acids is 3. The van der Waals surface area contributed by atoms with E-state index in [-0.39, 0.29) is 43.0 Å². The molecule has 0 radical (unpaired) electrons. The van der Waals surface area contributed by atoms with Crippen molar-refractivity contribution in [2.75, 3.05) is 86.1 Å². The van der Waals surface area contributed by atoms with Gasteiger partial charge in [0, 0.05) is 31.7 Å². The largest absolute Gasteiger partial charge is 0.501 e. The predicted octanol–water partition coefficient (Wildman–Crippen LogP) is 15.9. The van der Waals surface area contributed by atoms with E-state index in [4.69, 9.17) is 13.3 Å². The summed E-state index contributed by atoms with van der Waals surface area (Å²) in [5.74, 6) is -1.06. The van der Waals surface area contributed by atoms with Crippen LogP contribution in [0.3, 0.4) is 0 Å². The summed E-state index contributed by atoms with van der Waals surface area (Å²) in [6.07, 6.45) is 55.4. The van der Waals surface area contributed by atoms with Gasteiger partial charge < -0.3 is 64.4 Å². The van der Waals surface area contributed by atoms with Crippen molar-refractivity contribution < 1.29 is 62.8 Å². The zero-order valence-corrected chi connectivity index (χ0v) is 62.8. The molecule has 0 aliphatic rings. The summed E-state index contributed by atoms with van der Waals surface area (Å²) in [6.45, 7) is 8.21. The standard InChI is InChI=1S/C76H154N4O12Si/c1-7-12-17-22-25-28-31-34-37-40-43-46-49-55-71(87)77-74(62-81,63-82)68-90-93(61-54-60-80(6,58-52-20-15-10-4)59-53-21-16-11-5,91-69-75(64-83,65-84)78-72(88)56-50-47-44-41-38-35-32-29-26-23-18-13-8-2)92-70-76(66-85,67-86)79-73(89)57-51-48-45-42-39-36-33-30-27-24-19-14-9-3/h81-86H,7-70H2,1-6H3,(H2-,77,78,79,87,88,89)/p+1. The second kappa shape index (κ2) is 62.5. The molecule has 0 heterocycles. The van der Waals surface area contributed by atoms with Gasteiger partial charge in [-0.2, -0.15) is 0 Å². The maximum Gasteiger partial charge on any atom is 0.501 e. The van der Waals surface area contributed by atoms with E-state index < -0.39 is 84.9 Å². The first kappa shape index (κ1) is 91.2. The van der Waals surface area contributed by atoms with Crippen LogP contribution in [-0.2, 0) is 27.7 Å². The van der Waals surface area contributed by atoms with Crippen molar-refractivity contribution >= 4 is 26.5 Å². The molecule has 0 aliphatic heterocycles. The van der Waals surface area contributed by atoms with Crippen molar-refractivity contribution in [3.63, 3.8) is 0 Å². The Balaban J connectivity index is 6.89. The molecule has 0 aromatic carbocycles. The lowest BCUT2D eigenvalue weighted by molar-refractivity contribution is -0.910. The Bertz CT molecular complexity index is 1510. The Morgan fingerprint density at radius 1 is 0.290 bits per heavy atom. The third-order valence-electron chi connectivity index (χ3n) is 19.5. The quantitative estimate of drug-likeness (QED) is 0.0157. The Hall–Kier alpha value is -1.77. The van der Waals surface area contributed by atoms with Crippen LogP contribution >= 0.6 is 0 Å². The minimum absolute atomic E-state index is 0.129. The number of aliphatic hydroxyl groups is 6. The highest BCUT2D eigenvalue weighted by atomic mass is 28.4. The van der Waals surface area contributed by atoms with Crippen LogP contribution in [0.15, 0.2) is 0 Å². The number of carbonyl (C=O) groups is 3. The van der Waals surface area contributed by atoms with Crippen molar-refractivity contribution in [2.45, 2.75) is 385 Å². The van der Waals surface area contributed by atoms with E-state index in [1.165, 1.54) is 173 Å². The topological polar surface area (TPSA) is 236 Å². The van der Waals surface area contributed by atoms with Gasteiger partial charge in [-0.25, -0.2) is 0 Å². The molecule has 0 bridgehead atoms. The van der Waals surface area contributed by atoms with Crippen LogP contribution in [0.1, 0.15) is 362 Å². The minimum atomic E-state index is -4.38. The molecular formula is C76H155N4O12Si+. The molecule has 0 saturated carbocycles. The minimum Gasteiger partial charge on any atom is -0.394 e. The molecule has 0 aromatic rings. The molecule has 0 fully saturated rings. The van der Waals surface area contributed by atoms with E-state index in [1.807, 2.05) is 0 Å². The number of hydrogen-bond donors (Lipinski definition) is 9. The number of nitrogens with one attached hydrogen (secondary N) is 3. The van der Waals surface area contributed by atoms with Crippen LogP contribution in [0.5, 0.6) is 0 Å². The third-order valence-corrected chi connectivity index (χ3v) is 22.3. The predicted molar refractivity (Wildman–Crippen MR) is 388 cm³/mol. The molecule has 554 valence electrons. The Kier molecular flexibility index (Phi) is 61.3. The van der Waals surface area contributed by atoms with Crippen molar-refractivity contribution in [1.82, 2.24) is 16.0 Å². The van der Waals surface area contributed by atoms with Crippen LogP contribution in [0.4, 0.5) is 0 Å². The number of quaternary nitrogens is 1. The average molecular weight is 1350 g/mol. The first-order valence-electron chi connectivity index (χ1n) is 39.5. The zero-order chi connectivity index (χ0) is 68.7. The molecule has 0 aliphatic carbocycles. The van der Waals surface area contributed by atoms with Crippen LogP contribution in [-0.4, -0.2) is 164 Å². The first-order chi connectivity index (χ1) is 45.2. The molecule has 9 N–H and O–H groups in total. The summed E-state index contributed by atoms with van der Waals surface area (Å²) >= 11 is 0. The summed E-state index contributed by atoms with van der Waals surface area (Å²) in [6, 6.07) is 0.129. The maximum atomic E-state index is 13.8. The zero-order valence-electron chi connectivity index (χ0n) is 61.8. The monoisotopic (exact) mass is 1340 g/mol. The van der Waals surface area contributed by atoms with Gasteiger partial charge in [0.2, 0.25) is 17.7 Å². The highest BCUT2D eigenvalue weighted by molar-refractivity contribution is 6.60. The van der Waals surface area contributed by atoms with Gasteiger partial charge in [-0.05, 0) is 44.9 Å². The molecule has 0 unspecified atom stereocenters. The number of aliphatic hydroxyl groups excluding tert-OH is 6. The van der Waals surface area contributed by atoms with Gasteiger partial charge in [-0.1, -0.05) is 291 Å². The van der Waals surface area contributed by atoms with Gasteiger partial charge in [0.15, 0.2) is 0 Å². The fourth-order valence-electron chi connectivity index (χ4n) is 12.7. The second-order valence-corrected chi connectivity index (χ2v) is 31.7. The third kappa shape index (κ3) is 49.4. The van der Waals surface area contributed by atoms with Crippen molar-refractivity contribution in [3.05, 3.63) is 0 Å². The average Bonchev–Trinajstić information content (AvgIpc) is 0.875. The summed E-state index contributed by atoms with van der Waals surface area (Å²) in [5.41, 5.74) is -5.08. The van der Waals surface area contributed by atoms with E-state index in [1.54, 1.807) is 0 Å². The summed E-state index contributed by atoms with van der Waals surface area (Å²) in [4.78, 5) is 41.4. The van der Waals surface area contributed by atoms with Gasteiger partial charge in [-0.15, -0.1) is 0 Å². The lowest BCUT2D eigenvalue weighted by Gasteiger charge is -2.41. The number of hydrogen-bond acceptors (Lipinski definition) is 12. The number of unbranched alkanes of at least 4 members (excludes halogenated alkanes) is 42. The lowest BCUT2D eigenvalue weighted by atomic mass is 10.0. The van der Waals surface area contributed by atoms with Gasteiger partial charge in [-0.3, -0.25) is 14.4 Å². The summed E-state index contributed by atoms with van der Waals surface area (Å²) in [5, 5.41) is 75.5. The van der Waals surface area contributed by atoms with E-state index in [9.17, 15) is 45.0 Å². The van der Waals surface area contributed by atoms with E-state index in [0.717, 1.165) is 127 Å². The van der Waals surface area contributed by atoms with Crippen LogP contribution in [0, 0.1) is 0 Å². The number of nitrogens with zero attached hydrogens (tertiary/aromatic N) is 1. The van der Waals surface area contributed by atoms with Gasteiger partial charge in [0.1, 0.15) is 16.6 Å². The normalized spacial score (nSPS) is 12.5. The van der Waals surface area contributed by atoms with E-state index in [2.05, 4.69) is 57.6 Å². The lowest BCUT2D eigenvalue weighted by Crippen LogP contribution is -2.65. The maximum absolute atomic E-state index is 13.8. The fraction of sp³-hybridized carbons (Fsp3) is 0.961. The fourth-order valence-corrected chi connectivity index (χ4v) is 15.5.